The molecule has 22 heavy (non-hydrogen) atoms. The fourth-order valence-electron chi connectivity index (χ4n) is 3.17. The molecule has 0 saturated heterocycles. The van der Waals surface area contributed by atoms with Crippen molar-refractivity contribution < 1.29 is 0 Å². The Balaban J connectivity index is 2.91. The van der Waals surface area contributed by atoms with E-state index in [9.17, 15) is 0 Å². The summed E-state index contributed by atoms with van der Waals surface area (Å²) < 4.78 is 0. The Kier molecular flexibility index (Phi) is 21.0. The third kappa shape index (κ3) is 20.0. The monoisotopic (exact) mass is 309 g/mol. The lowest BCUT2D eigenvalue weighted by Gasteiger charge is -2.03. The van der Waals surface area contributed by atoms with Gasteiger partial charge in [-0.1, -0.05) is 136 Å². The number of unbranched alkanes of at least 4 members (excludes halogenated alkanes) is 19. The van der Waals surface area contributed by atoms with Crippen LogP contribution < -0.4 is 0 Å². The molecular formula is C22H45. The molecule has 0 atom stereocenters. The van der Waals surface area contributed by atoms with Crippen LogP contribution in [0.2, 0.25) is 0 Å². The average molecular weight is 310 g/mol. The van der Waals surface area contributed by atoms with Gasteiger partial charge >= 0.3 is 0 Å². The highest BCUT2D eigenvalue weighted by Gasteiger charge is 1.95. The van der Waals surface area contributed by atoms with E-state index in [2.05, 4.69) is 20.3 Å². The van der Waals surface area contributed by atoms with Gasteiger partial charge in [0.05, 0.1) is 0 Å². The zero-order valence-corrected chi connectivity index (χ0v) is 16.0. The van der Waals surface area contributed by atoms with E-state index in [1.165, 1.54) is 122 Å². The van der Waals surface area contributed by atoms with Crippen LogP contribution in [0.3, 0.4) is 0 Å². The summed E-state index contributed by atoms with van der Waals surface area (Å²) in [5, 5.41) is 0. The van der Waals surface area contributed by atoms with E-state index in [-0.39, 0.29) is 0 Å². The van der Waals surface area contributed by atoms with Gasteiger partial charge in [-0.05, 0) is 6.42 Å². The topological polar surface area (TPSA) is 0 Å². The third-order valence-electron chi connectivity index (χ3n) is 4.77. The fraction of sp³-hybridized carbons (Fsp3) is 0.955. The van der Waals surface area contributed by atoms with Crippen LogP contribution in [-0.4, -0.2) is 0 Å². The minimum Gasteiger partial charge on any atom is -0.0654 e. The van der Waals surface area contributed by atoms with Crippen LogP contribution in [-0.2, 0) is 0 Å². The molecule has 0 saturated carbocycles. The first kappa shape index (κ1) is 22.0. The predicted octanol–water partition coefficient (Wildman–Crippen LogP) is 8.64. The summed E-state index contributed by atoms with van der Waals surface area (Å²) in [4.78, 5) is 0. The molecule has 0 bridgehead atoms. The Hall–Kier alpha value is 0. The molecule has 0 unspecified atom stereocenters. The molecule has 0 aliphatic heterocycles. The molecular weight excluding hydrogens is 264 g/mol. The highest BCUT2D eigenvalue weighted by Crippen LogP contribution is 2.14. The molecule has 0 heteroatoms. The molecule has 0 aromatic rings. The fourth-order valence-corrected chi connectivity index (χ4v) is 3.17. The molecule has 0 heterocycles. The average Bonchev–Trinajstić information content (AvgIpc) is 2.54. The Morgan fingerprint density at radius 2 is 0.636 bits per heavy atom. The second kappa shape index (κ2) is 21.0. The number of hydrogen-bond acceptors (Lipinski definition) is 0. The maximum Gasteiger partial charge on any atom is -0.0386 e. The lowest BCUT2D eigenvalue weighted by molar-refractivity contribution is 0.537. The molecule has 0 aromatic carbocycles. The van der Waals surface area contributed by atoms with Crippen molar-refractivity contribution in [3.8, 4) is 0 Å². The van der Waals surface area contributed by atoms with Gasteiger partial charge in [-0.15, -0.1) is 0 Å². The summed E-state index contributed by atoms with van der Waals surface area (Å²) in [6, 6.07) is 0. The van der Waals surface area contributed by atoms with Crippen LogP contribution in [0.25, 0.3) is 0 Å². The number of rotatable bonds is 19. The van der Waals surface area contributed by atoms with Gasteiger partial charge < -0.3 is 0 Å². The molecule has 0 amide bonds. The van der Waals surface area contributed by atoms with Crippen molar-refractivity contribution in [2.45, 2.75) is 136 Å². The molecule has 0 spiro atoms. The van der Waals surface area contributed by atoms with E-state index in [0.29, 0.717) is 0 Å². The molecule has 1 radical (unpaired) electrons. The Morgan fingerprint density at radius 1 is 0.364 bits per heavy atom. The Morgan fingerprint density at radius 3 is 1.00 bits per heavy atom. The van der Waals surface area contributed by atoms with E-state index in [4.69, 9.17) is 0 Å². The summed E-state index contributed by atoms with van der Waals surface area (Å²) in [5.74, 6) is 0. The Labute approximate surface area is 142 Å². The van der Waals surface area contributed by atoms with Gasteiger partial charge in [-0.2, -0.15) is 0 Å². The van der Waals surface area contributed by atoms with Gasteiger partial charge in [0.15, 0.2) is 0 Å². The van der Waals surface area contributed by atoms with Gasteiger partial charge in [-0.25, -0.2) is 0 Å². The standard InChI is InChI=1S/C22H45/c1-3-5-7-9-11-13-15-17-19-21-22-20-18-16-14-12-10-8-6-4-2/h13H,3-12,14-22H2,1-2H3. The maximum absolute atomic E-state index is 2.54. The second-order valence-corrected chi connectivity index (χ2v) is 7.17. The summed E-state index contributed by atoms with van der Waals surface area (Å²) in [6.45, 7) is 4.59. The molecule has 0 aromatic heterocycles. The van der Waals surface area contributed by atoms with Crippen molar-refractivity contribution in [1.82, 2.24) is 0 Å². The van der Waals surface area contributed by atoms with Crippen molar-refractivity contribution >= 4 is 0 Å². The van der Waals surface area contributed by atoms with Crippen molar-refractivity contribution in [3.05, 3.63) is 6.42 Å². The lowest BCUT2D eigenvalue weighted by Crippen LogP contribution is -1.84. The van der Waals surface area contributed by atoms with E-state index < -0.39 is 0 Å². The minimum atomic E-state index is 1.36. The van der Waals surface area contributed by atoms with Gasteiger partial charge in [0.1, 0.15) is 0 Å². The zero-order chi connectivity index (χ0) is 16.1. The lowest BCUT2D eigenvalue weighted by atomic mass is 10.0. The van der Waals surface area contributed by atoms with Crippen LogP contribution >= 0.6 is 0 Å². The van der Waals surface area contributed by atoms with Crippen LogP contribution in [0.5, 0.6) is 0 Å². The Bertz CT molecular complexity index is 153. The van der Waals surface area contributed by atoms with Crippen LogP contribution in [0.4, 0.5) is 0 Å². The highest BCUT2D eigenvalue weighted by atomic mass is 14.0. The first-order valence-electron chi connectivity index (χ1n) is 10.7. The predicted molar refractivity (Wildman–Crippen MR) is 103 cm³/mol. The molecule has 133 valence electrons. The normalized spacial score (nSPS) is 11.2. The van der Waals surface area contributed by atoms with E-state index in [1.54, 1.807) is 0 Å². The van der Waals surface area contributed by atoms with Crippen molar-refractivity contribution in [3.63, 3.8) is 0 Å². The largest absolute Gasteiger partial charge is 0.0654 e. The highest BCUT2D eigenvalue weighted by molar-refractivity contribution is 4.64. The van der Waals surface area contributed by atoms with Gasteiger partial charge in [-0.3, -0.25) is 0 Å². The number of hydrogen-bond donors (Lipinski definition) is 0. The van der Waals surface area contributed by atoms with Crippen molar-refractivity contribution in [2.75, 3.05) is 0 Å². The molecule has 0 fully saturated rings. The van der Waals surface area contributed by atoms with Crippen molar-refractivity contribution in [2.24, 2.45) is 0 Å². The summed E-state index contributed by atoms with van der Waals surface area (Å²) in [6.07, 6.45) is 29.9. The first-order valence-corrected chi connectivity index (χ1v) is 10.7. The second-order valence-electron chi connectivity index (χ2n) is 7.17. The SMILES string of the molecule is CCCCCC[CH]CCCCCCCCCCCCCCC. The van der Waals surface area contributed by atoms with Crippen LogP contribution in [0.1, 0.15) is 136 Å². The summed E-state index contributed by atoms with van der Waals surface area (Å²) in [7, 11) is 0. The maximum atomic E-state index is 2.54. The summed E-state index contributed by atoms with van der Waals surface area (Å²) >= 11 is 0. The molecule has 0 nitrogen and oxygen atoms in total. The minimum absolute atomic E-state index is 1.36. The van der Waals surface area contributed by atoms with Gasteiger partial charge in [0.2, 0.25) is 0 Å². The van der Waals surface area contributed by atoms with Crippen LogP contribution in [0.15, 0.2) is 0 Å². The smallest absolute Gasteiger partial charge is 0.0386 e. The third-order valence-corrected chi connectivity index (χ3v) is 4.77. The quantitative estimate of drug-likeness (QED) is 0.209. The van der Waals surface area contributed by atoms with Crippen molar-refractivity contribution in [1.29, 1.82) is 0 Å². The molecule has 0 aliphatic rings. The molecule has 0 N–H and O–H groups in total. The molecule has 0 rings (SSSR count). The van der Waals surface area contributed by atoms with E-state index >= 15 is 0 Å². The van der Waals surface area contributed by atoms with Crippen LogP contribution in [0, 0.1) is 6.42 Å². The summed E-state index contributed by atoms with van der Waals surface area (Å²) in [5.41, 5.74) is 0. The van der Waals surface area contributed by atoms with Gasteiger partial charge in [0.25, 0.3) is 0 Å². The first-order chi connectivity index (χ1) is 10.9. The van der Waals surface area contributed by atoms with Gasteiger partial charge in [0, 0.05) is 0 Å². The van der Waals surface area contributed by atoms with E-state index in [1.807, 2.05) is 0 Å². The zero-order valence-electron chi connectivity index (χ0n) is 16.0. The van der Waals surface area contributed by atoms with E-state index in [0.717, 1.165) is 0 Å². The molecule has 0 aliphatic carbocycles.